The molecule has 1 fully saturated rings. The van der Waals surface area contributed by atoms with Gasteiger partial charge in [0.2, 0.25) is 5.91 Å². The molecule has 1 amide bonds. The molecule has 2 atom stereocenters. The van der Waals surface area contributed by atoms with Crippen molar-refractivity contribution in [3.8, 4) is 0 Å². The number of amides is 1. The summed E-state index contributed by atoms with van der Waals surface area (Å²) in [6.07, 6.45) is -1.81. The number of piperidine rings is 1. The van der Waals surface area contributed by atoms with Crippen LogP contribution in [0, 0.1) is 11.8 Å². The first-order chi connectivity index (χ1) is 11.3. The van der Waals surface area contributed by atoms with E-state index < -0.39 is 11.7 Å². The quantitative estimate of drug-likeness (QED) is 0.890. The summed E-state index contributed by atoms with van der Waals surface area (Å²) in [5, 5.41) is 2.95. The minimum absolute atomic E-state index is 0.0966. The largest absolute Gasteiger partial charge is 0.416 e. The van der Waals surface area contributed by atoms with Crippen LogP contribution in [0.4, 0.5) is 13.2 Å². The molecule has 1 aliphatic heterocycles. The summed E-state index contributed by atoms with van der Waals surface area (Å²) in [6.45, 7) is 4.46. The molecule has 1 aliphatic rings. The number of hydrogen-bond acceptors (Lipinski definition) is 2. The molecular weight excluding hydrogens is 317 g/mol. The molecule has 2 rings (SSSR count). The fraction of sp³-hybridized carbons (Fsp3) is 0.611. The van der Waals surface area contributed by atoms with E-state index in [2.05, 4.69) is 17.3 Å². The van der Waals surface area contributed by atoms with Crippen molar-refractivity contribution in [3.63, 3.8) is 0 Å². The summed E-state index contributed by atoms with van der Waals surface area (Å²) in [7, 11) is 2.07. The fourth-order valence-corrected chi connectivity index (χ4v) is 3.18. The summed E-state index contributed by atoms with van der Waals surface area (Å²) in [6, 6.07) is 5.20. The van der Waals surface area contributed by atoms with Gasteiger partial charge in [-0.3, -0.25) is 4.79 Å². The molecule has 0 bridgehead atoms. The van der Waals surface area contributed by atoms with Crippen molar-refractivity contribution in [1.29, 1.82) is 0 Å². The van der Waals surface area contributed by atoms with Gasteiger partial charge in [0.05, 0.1) is 5.56 Å². The Balaban J connectivity index is 1.85. The molecule has 1 N–H and O–H groups in total. The molecule has 0 unspecified atom stereocenters. The predicted molar refractivity (Wildman–Crippen MR) is 87.5 cm³/mol. The number of nitrogens with zero attached hydrogens (tertiary/aromatic N) is 1. The Hall–Kier alpha value is -1.56. The maximum atomic E-state index is 12.7. The summed E-state index contributed by atoms with van der Waals surface area (Å²) in [5.41, 5.74) is -0.136. The number of halogens is 3. The van der Waals surface area contributed by atoms with Crippen LogP contribution >= 0.6 is 0 Å². The minimum Gasteiger partial charge on any atom is -0.356 e. The average Bonchev–Trinajstić information content (AvgIpc) is 2.52. The number of nitrogens with one attached hydrogen (secondary N) is 1. The van der Waals surface area contributed by atoms with Crippen molar-refractivity contribution in [3.05, 3.63) is 35.4 Å². The number of alkyl halides is 3. The average molecular weight is 342 g/mol. The molecule has 24 heavy (non-hydrogen) atoms. The van der Waals surface area contributed by atoms with E-state index in [1.54, 1.807) is 13.0 Å². The smallest absolute Gasteiger partial charge is 0.356 e. The minimum atomic E-state index is -4.35. The maximum absolute atomic E-state index is 12.7. The van der Waals surface area contributed by atoms with E-state index in [4.69, 9.17) is 0 Å². The topological polar surface area (TPSA) is 32.3 Å². The van der Waals surface area contributed by atoms with Gasteiger partial charge in [-0.15, -0.1) is 0 Å². The van der Waals surface area contributed by atoms with E-state index >= 15 is 0 Å². The zero-order valence-corrected chi connectivity index (χ0v) is 14.2. The Morgan fingerprint density at radius 3 is 2.83 bits per heavy atom. The Morgan fingerprint density at radius 2 is 2.17 bits per heavy atom. The monoisotopic (exact) mass is 342 g/mol. The second-order valence-corrected chi connectivity index (χ2v) is 6.82. The van der Waals surface area contributed by atoms with Crippen LogP contribution in [0.5, 0.6) is 0 Å². The molecule has 0 radical (unpaired) electrons. The van der Waals surface area contributed by atoms with Crippen LogP contribution in [0.15, 0.2) is 24.3 Å². The van der Waals surface area contributed by atoms with Gasteiger partial charge in [0.1, 0.15) is 0 Å². The van der Waals surface area contributed by atoms with E-state index in [-0.39, 0.29) is 11.8 Å². The second kappa shape index (κ2) is 8.01. The van der Waals surface area contributed by atoms with Crippen LogP contribution in [0.1, 0.15) is 30.9 Å². The molecule has 1 heterocycles. The molecule has 0 saturated carbocycles. The number of carbonyl (C=O) groups is 1. The third kappa shape index (κ3) is 5.51. The summed E-state index contributed by atoms with van der Waals surface area (Å²) in [4.78, 5) is 14.5. The molecular formula is C18H25F3N2O. The van der Waals surface area contributed by atoms with Crippen molar-refractivity contribution < 1.29 is 18.0 Å². The van der Waals surface area contributed by atoms with Crippen LogP contribution in [0.25, 0.3) is 0 Å². The van der Waals surface area contributed by atoms with Crippen molar-refractivity contribution in [2.24, 2.45) is 11.8 Å². The van der Waals surface area contributed by atoms with Crippen LogP contribution in [-0.2, 0) is 17.4 Å². The fourth-order valence-electron chi connectivity index (χ4n) is 3.18. The van der Waals surface area contributed by atoms with Crippen molar-refractivity contribution in [1.82, 2.24) is 10.2 Å². The first-order valence-corrected chi connectivity index (χ1v) is 8.38. The Kier molecular flexibility index (Phi) is 6.27. The molecule has 0 spiro atoms. The number of rotatable bonds is 5. The third-order valence-corrected chi connectivity index (χ3v) is 4.53. The highest BCUT2D eigenvalue weighted by molar-refractivity contribution is 5.78. The number of carbonyl (C=O) groups excluding carboxylic acids is 1. The lowest BCUT2D eigenvalue weighted by atomic mass is 9.96. The standard InChI is InChI=1S/C18H25F3N2O/c1-13(9-14-5-3-7-16(10-14)18(19,20)21)17(24)22-11-15-6-4-8-23(2)12-15/h3,5,7,10,13,15H,4,6,8-9,11-12H2,1-2H3,(H,22,24)/t13-,15+/m0/s1. The van der Waals surface area contributed by atoms with Crippen LogP contribution in [0.2, 0.25) is 0 Å². The molecule has 1 aromatic carbocycles. The lowest BCUT2D eigenvalue weighted by Gasteiger charge is -2.30. The summed E-state index contributed by atoms with van der Waals surface area (Å²) in [5.74, 6) is 0.00361. The van der Waals surface area contributed by atoms with Gasteiger partial charge in [0, 0.05) is 19.0 Å². The molecule has 0 aromatic heterocycles. The molecule has 6 heteroatoms. The van der Waals surface area contributed by atoms with E-state index in [1.807, 2.05) is 0 Å². The van der Waals surface area contributed by atoms with Gasteiger partial charge >= 0.3 is 6.18 Å². The number of hydrogen-bond donors (Lipinski definition) is 1. The highest BCUT2D eigenvalue weighted by Crippen LogP contribution is 2.30. The van der Waals surface area contributed by atoms with Gasteiger partial charge in [-0.1, -0.05) is 25.1 Å². The molecule has 3 nitrogen and oxygen atoms in total. The second-order valence-electron chi connectivity index (χ2n) is 6.82. The lowest BCUT2D eigenvalue weighted by Crippen LogP contribution is -2.40. The third-order valence-electron chi connectivity index (χ3n) is 4.53. The van der Waals surface area contributed by atoms with Crippen LogP contribution in [-0.4, -0.2) is 37.5 Å². The van der Waals surface area contributed by atoms with Gasteiger partial charge in [-0.2, -0.15) is 13.2 Å². The van der Waals surface area contributed by atoms with E-state index in [0.29, 0.717) is 24.4 Å². The Morgan fingerprint density at radius 1 is 1.42 bits per heavy atom. The van der Waals surface area contributed by atoms with Gasteiger partial charge < -0.3 is 10.2 Å². The summed E-state index contributed by atoms with van der Waals surface area (Å²) >= 11 is 0. The van der Waals surface area contributed by atoms with Crippen LogP contribution < -0.4 is 5.32 Å². The van der Waals surface area contributed by atoms with Crippen molar-refractivity contribution in [2.75, 3.05) is 26.7 Å². The van der Waals surface area contributed by atoms with Gasteiger partial charge in [-0.25, -0.2) is 0 Å². The SMILES string of the molecule is C[C@@H](Cc1cccc(C(F)(F)F)c1)C(=O)NC[C@H]1CCCN(C)C1. The Labute approximate surface area is 141 Å². The highest BCUT2D eigenvalue weighted by atomic mass is 19.4. The van der Waals surface area contributed by atoms with Gasteiger partial charge in [-0.05, 0) is 50.4 Å². The molecule has 1 aromatic rings. The first kappa shape index (κ1) is 18.8. The number of likely N-dealkylation sites (tertiary alicyclic amines) is 1. The van der Waals surface area contributed by atoms with Gasteiger partial charge in [0.25, 0.3) is 0 Å². The van der Waals surface area contributed by atoms with Gasteiger partial charge in [0.15, 0.2) is 0 Å². The zero-order chi connectivity index (χ0) is 17.7. The molecule has 0 aliphatic carbocycles. The summed E-state index contributed by atoms with van der Waals surface area (Å²) < 4.78 is 38.2. The Bertz CT molecular complexity index is 559. The highest BCUT2D eigenvalue weighted by Gasteiger charge is 2.30. The molecule has 1 saturated heterocycles. The number of benzene rings is 1. The van der Waals surface area contributed by atoms with E-state index in [9.17, 15) is 18.0 Å². The van der Waals surface area contributed by atoms with Crippen LogP contribution in [0.3, 0.4) is 0 Å². The predicted octanol–water partition coefficient (Wildman–Crippen LogP) is 3.34. The zero-order valence-electron chi connectivity index (χ0n) is 14.2. The molecule has 134 valence electrons. The van der Waals surface area contributed by atoms with E-state index in [1.165, 1.54) is 6.07 Å². The van der Waals surface area contributed by atoms with Crippen molar-refractivity contribution >= 4 is 5.91 Å². The maximum Gasteiger partial charge on any atom is 0.416 e. The van der Waals surface area contributed by atoms with Crippen molar-refractivity contribution in [2.45, 2.75) is 32.4 Å². The van der Waals surface area contributed by atoms with E-state index in [0.717, 1.165) is 38.1 Å². The first-order valence-electron chi connectivity index (χ1n) is 8.38. The normalized spacial score (nSPS) is 20.6. The lowest BCUT2D eigenvalue weighted by molar-refractivity contribution is -0.137.